The van der Waals surface area contributed by atoms with E-state index in [0.29, 0.717) is 0 Å². The van der Waals surface area contributed by atoms with Gasteiger partial charge in [0.2, 0.25) is 0 Å². The first-order valence-electron chi connectivity index (χ1n) is 6.01. The zero-order chi connectivity index (χ0) is 13.2. The maximum absolute atomic E-state index is 5.51. The minimum Gasteiger partial charge on any atom is -0.0779 e. The second-order valence-electron chi connectivity index (χ2n) is 4.39. The normalized spacial score (nSPS) is 10.6. The van der Waals surface area contributed by atoms with E-state index < -0.39 is 0 Å². The molecule has 0 saturated heterocycles. The first-order valence-corrected chi connectivity index (χ1v) is 8.57. The molecule has 0 aliphatic carbocycles. The monoisotopic (exact) mass is 300 g/mol. The SMILES string of the molecule is Cc1ccc(-c2ssc(=S)c2-c2ccccc2)cc1. The van der Waals surface area contributed by atoms with E-state index in [1.165, 1.54) is 27.1 Å². The highest BCUT2D eigenvalue weighted by atomic mass is 32.9. The zero-order valence-electron chi connectivity index (χ0n) is 10.4. The average Bonchev–Trinajstić information content (AvgIpc) is 2.82. The summed E-state index contributed by atoms with van der Waals surface area (Å²) in [5, 5.41) is 0. The Morgan fingerprint density at radius 2 is 1.47 bits per heavy atom. The second-order valence-corrected chi connectivity index (χ2v) is 7.21. The quantitative estimate of drug-likeness (QED) is 0.402. The largest absolute Gasteiger partial charge is 0.110 e. The molecular formula is C16H12S3. The molecule has 0 fully saturated rings. The van der Waals surface area contributed by atoms with Crippen molar-refractivity contribution in [2.75, 3.05) is 0 Å². The van der Waals surface area contributed by atoms with Crippen LogP contribution in [0.5, 0.6) is 0 Å². The summed E-state index contributed by atoms with van der Waals surface area (Å²) in [5.41, 5.74) is 4.95. The van der Waals surface area contributed by atoms with E-state index in [2.05, 4.69) is 55.5 Å². The molecule has 0 nitrogen and oxygen atoms in total. The molecule has 0 radical (unpaired) electrons. The fraction of sp³-hybridized carbons (Fsp3) is 0.0625. The van der Waals surface area contributed by atoms with Gasteiger partial charge in [-0.3, -0.25) is 0 Å². The molecule has 0 spiro atoms. The number of hydrogen-bond acceptors (Lipinski definition) is 3. The standard InChI is InChI=1S/C16H12S3/c1-11-7-9-13(10-8-11)15-14(16(17)19-18-15)12-5-3-2-4-6-12/h2-10H,1H3. The van der Waals surface area contributed by atoms with Crippen molar-refractivity contribution in [1.29, 1.82) is 0 Å². The van der Waals surface area contributed by atoms with E-state index in [-0.39, 0.29) is 0 Å². The number of aryl methyl sites for hydroxylation is 1. The van der Waals surface area contributed by atoms with Gasteiger partial charge in [0.05, 0.1) is 4.88 Å². The molecule has 0 saturated carbocycles. The first-order chi connectivity index (χ1) is 9.25. The van der Waals surface area contributed by atoms with E-state index >= 15 is 0 Å². The maximum atomic E-state index is 5.51. The number of rotatable bonds is 2. The van der Waals surface area contributed by atoms with Crippen LogP contribution in [0.2, 0.25) is 0 Å². The Hall–Kier alpha value is -1.29. The van der Waals surface area contributed by atoms with Crippen LogP contribution in [0.1, 0.15) is 5.56 Å². The highest BCUT2D eigenvalue weighted by Gasteiger charge is 2.12. The van der Waals surface area contributed by atoms with Crippen LogP contribution in [-0.4, -0.2) is 0 Å². The summed E-state index contributed by atoms with van der Waals surface area (Å²) in [7, 11) is 3.45. The minimum atomic E-state index is 0.978. The van der Waals surface area contributed by atoms with Gasteiger partial charge in [0.25, 0.3) is 0 Å². The molecular weight excluding hydrogens is 288 g/mol. The Morgan fingerprint density at radius 3 is 2.16 bits per heavy atom. The lowest BCUT2D eigenvalue weighted by atomic mass is 10.0. The van der Waals surface area contributed by atoms with Gasteiger partial charge >= 0.3 is 0 Å². The Labute approximate surface area is 125 Å². The van der Waals surface area contributed by atoms with Gasteiger partial charge in [-0.15, -0.1) is 0 Å². The van der Waals surface area contributed by atoms with Gasteiger partial charge in [0.15, 0.2) is 0 Å². The van der Waals surface area contributed by atoms with Crippen molar-refractivity contribution < 1.29 is 0 Å². The topological polar surface area (TPSA) is 0 Å². The van der Waals surface area contributed by atoms with Crippen LogP contribution in [0.3, 0.4) is 0 Å². The predicted octanol–water partition coefficient (Wildman–Crippen LogP) is 6.18. The van der Waals surface area contributed by atoms with E-state index in [1.54, 1.807) is 20.7 Å². The van der Waals surface area contributed by atoms with Crippen molar-refractivity contribution in [2.24, 2.45) is 0 Å². The van der Waals surface area contributed by atoms with Crippen LogP contribution in [0.4, 0.5) is 0 Å². The molecule has 3 aromatic rings. The Kier molecular flexibility index (Phi) is 3.60. The molecule has 1 heterocycles. The maximum Gasteiger partial charge on any atom is 0.110 e. The predicted molar refractivity (Wildman–Crippen MR) is 88.6 cm³/mol. The summed E-state index contributed by atoms with van der Waals surface area (Å²) < 4.78 is 0.978. The second kappa shape index (κ2) is 5.37. The Bertz CT molecular complexity index is 734. The summed E-state index contributed by atoms with van der Waals surface area (Å²) in [6, 6.07) is 19.1. The van der Waals surface area contributed by atoms with Crippen LogP contribution >= 0.6 is 32.9 Å². The van der Waals surface area contributed by atoms with Crippen molar-refractivity contribution in [3.8, 4) is 21.6 Å². The molecule has 3 rings (SSSR count). The molecule has 0 aliphatic rings. The summed E-state index contributed by atoms with van der Waals surface area (Å²) in [4.78, 5) is 1.28. The summed E-state index contributed by atoms with van der Waals surface area (Å²) >= 11 is 5.51. The molecule has 0 amide bonds. The third-order valence-corrected chi connectivity index (χ3v) is 6.07. The lowest BCUT2D eigenvalue weighted by molar-refractivity contribution is 1.48. The fourth-order valence-corrected chi connectivity index (χ4v) is 4.93. The summed E-state index contributed by atoms with van der Waals surface area (Å²) in [6.07, 6.45) is 0. The lowest BCUT2D eigenvalue weighted by Crippen LogP contribution is -1.80. The van der Waals surface area contributed by atoms with Gasteiger partial charge in [-0.05, 0) is 18.1 Å². The molecule has 0 bridgehead atoms. The van der Waals surface area contributed by atoms with Gasteiger partial charge < -0.3 is 0 Å². The van der Waals surface area contributed by atoms with E-state index in [4.69, 9.17) is 12.2 Å². The van der Waals surface area contributed by atoms with Crippen LogP contribution < -0.4 is 0 Å². The molecule has 19 heavy (non-hydrogen) atoms. The van der Waals surface area contributed by atoms with Crippen molar-refractivity contribution in [1.82, 2.24) is 0 Å². The van der Waals surface area contributed by atoms with E-state index in [1.807, 2.05) is 6.07 Å². The molecule has 0 atom stereocenters. The molecule has 0 aliphatic heterocycles. The fourth-order valence-electron chi connectivity index (χ4n) is 2.01. The highest BCUT2D eigenvalue weighted by molar-refractivity contribution is 7.80. The van der Waals surface area contributed by atoms with Crippen LogP contribution in [0, 0.1) is 10.7 Å². The lowest BCUT2D eigenvalue weighted by Gasteiger charge is -2.04. The summed E-state index contributed by atoms with van der Waals surface area (Å²) in [5.74, 6) is 0. The smallest absolute Gasteiger partial charge is 0.0779 e. The van der Waals surface area contributed by atoms with Gasteiger partial charge in [0, 0.05) is 5.56 Å². The van der Waals surface area contributed by atoms with Gasteiger partial charge in [-0.2, -0.15) is 0 Å². The zero-order valence-corrected chi connectivity index (χ0v) is 12.9. The van der Waals surface area contributed by atoms with Crippen molar-refractivity contribution in [2.45, 2.75) is 6.92 Å². The van der Waals surface area contributed by atoms with Crippen LogP contribution in [0.15, 0.2) is 54.6 Å². The molecule has 1 aromatic heterocycles. The molecule has 0 N–H and O–H groups in total. The third kappa shape index (κ3) is 2.54. The number of hydrogen-bond donors (Lipinski definition) is 0. The average molecular weight is 300 g/mol. The van der Waals surface area contributed by atoms with Gasteiger partial charge in [-0.1, -0.05) is 93.1 Å². The van der Waals surface area contributed by atoms with Crippen molar-refractivity contribution in [3.63, 3.8) is 0 Å². The Balaban J connectivity index is 2.19. The number of benzene rings is 2. The van der Waals surface area contributed by atoms with Crippen LogP contribution in [-0.2, 0) is 0 Å². The highest BCUT2D eigenvalue weighted by Crippen LogP contribution is 2.40. The third-order valence-electron chi connectivity index (χ3n) is 3.01. The van der Waals surface area contributed by atoms with Crippen molar-refractivity contribution in [3.05, 3.63) is 64.0 Å². The molecule has 2 aromatic carbocycles. The molecule has 0 unspecified atom stereocenters. The Morgan fingerprint density at radius 1 is 0.789 bits per heavy atom. The van der Waals surface area contributed by atoms with Gasteiger partial charge in [-0.25, -0.2) is 0 Å². The van der Waals surface area contributed by atoms with Crippen molar-refractivity contribution >= 4 is 32.9 Å². The van der Waals surface area contributed by atoms with E-state index in [9.17, 15) is 0 Å². The molecule has 94 valence electrons. The molecule has 3 heteroatoms. The van der Waals surface area contributed by atoms with E-state index in [0.717, 1.165) is 3.82 Å². The first kappa shape index (κ1) is 12.7. The van der Waals surface area contributed by atoms with Gasteiger partial charge in [0.1, 0.15) is 3.82 Å². The van der Waals surface area contributed by atoms with Crippen LogP contribution in [0.25, 0.3) is 21.6 Å². The minimum absolute atomic E-state index is 0.978. The summed E-state index contributed by atoms with van der Waals surface area (Å²) in [6.45, 7) is 2.11.